The van der Waals surface area contributed by atoms with Gasteiger partial charge in [-0.05, 0) is 46.1 Å². The van der Waals surface area contributed by atoms with Crippen LogP contribution in [0.25, 0.3) is 0 Å². The first kappa shape index (κ1) is 17.3. The topological polar surface area (TPSA) is 32.8 Å². The minimum atomic E-state index is -0.445. The zero-order valence-corrected chi connectivity index (χ0v) is 15.4. The van der Waals surface area contributed by atoms with Gasteiger partial charge < -0.3 is 4.74 Å². The Morgan fingerprint density at radius 2 is 1.75 bits per heavy atom. The molecule has 1 saturated heterocycles. The third-order valence-electron chi connectivity index (χ3n) is 5.24. The van der Waals surface area contributed by atoms with Crippen molar-refractivity contribution in [2.45, 2.75) is 77.1 Å². The molecule has 0 unspecified atom stereocenters. The summed E-state index contributed by atoms with van der Waals surface area (Å²) in [6.45, 7) is 8.72. The quantitative estimate of drug-likeness (QED) is 0.796. The van der Waals surface area contributed by atoms with E-state index in [2.05, 4.69) is 42.2 Å². The molecule has 0 N–H and O–H groups in total. The zero-order chi connectivity index (χ0) is 17.3. The highest BCUT2D eigenvalue weighted by Crippen LogP contribution is 2.38. The van der Waals surface area contributed by atoms with Crippen LogP contribution in [0.1, 0.15) is 65.0 Å². The summed E-state index contributed by atoms with van der Waals surface area (Å²) in [5.74, 6) is 0. The average Bonchev–Trinajstić information content (AvgIpc) is 2.93. The molecule has 1 heterocycles. The second-order valence-corrected chi connectivity index (χ2v) is 8.11. The van der Waals surface area contributed by atoms with Crippen molar-refractivity contribution in [1.82, 2.24) is 9.80 Å². The highest BCUT2D eigenvalue weighted by atomic mass is 16.6. The molecule has 3 rings (SSSR count). The normalized spacial score (nSPS) is 26.1. The molecule has 2 fully saturated rings. The van der Waals surface area contributed by atoms with Gasteiger partial charge in [-0.1, -0.05) is 43.2 Å². The van der Waals surface area contributed by atoms with Crippen molar-refractivity contribution >= 4 is 6.09 Å². The Morgan fingerprint density at radius 3 is 2.38 bits per heavy atom. The van der Waals surface area contributed by atoms with E-state index in [1.165, 1.54) is 24.8 Å². The van der Waals surface area contributed by atoms with Crippen molar-refractivity contribution in [2.24, 2.45) is 0 Å². The molecule has 1 aliphatic carbocycles. The first-order valence-electron chi connectivity index (χ1n) is 9.17. The van der Waals surface area contributed by atoms with E-state index < -0.39 is 5.60 Å². The molecule has 1 saturated carbocycles. The summed E-state index contributed by atoms with van der Waals surface area (Å²) >= 11 is 0. The number of nitrogens with zero attached hydrogens (tertiary/aromatic N) is 2. The molecule has 0 aromatic heterocycles. The van der Waals surface area contributed by atoms with Crippen LogP contribution in [-0.2, 0) is 4.74 Å². The van der Waals surface area contributed by atoms with Gasteiger partial charge in [-0.3, -0.25) is 9.80 Å². The van der Waals surface area contributed by atoms with Gasteiger partial charge in [0.05, 0.1) is 12.7 Å². The fourth-order valence-electron chi connectivity index (χ4n) is 4.07. The summed E-state index contributed by atoms with van der Waals surface area (Å²) in [6, 6.07) is 11.6. The predicted molar refractivity (Wildman–Crippen MR) is 95.7 cm³/mol. The lowest BCUT2D eigenvalue weighted by Gasteiger charge is -2.35. The molecule has 1 amide bonds. The summed E-state index contributed by atoms with van der Waals surface area (Å²) in [4.78, 5) is 17.2. The van der Waals surface area contributed by atoms with Crippen molar-refractivity contribution in [3.05, 3.63) is 35.9 Å². The molecule has 4 heteroatoms. The van der Waals surface area contributed by atoms with E-state index >= 15 is 0 Å². The van der Waals surface area contributed by atoms with Gasteiger partial charge in [0.15, 0.2) is 0 Å². The fraction of sp³-hybridized carbons (Fsp3) is 0.650. The van der Waals surface area contributed by atoms with Gasteiger partial charge in [0.2, 0.25) is 0 Å². The molecular weight excluding hydrogens is 300 g/mol. The summed E-state index contributed by atoms with van der Waals surface area (Å²) in [5, 5.41) is 0. The van der Waals surface area contributed by atoms with Crippen LogP contribution in [0.2, 0.25) is 0 Å². The average molecular weight is 330 g/mol. The smallest absolute Gasteiger partial charge is 0.411 e. The van der Waals surface area contributed by atoms with Gasteiger partial charge >= 0.3 is 6.09 Å². The summed E-state index contributed by atoms with van der Waals surface area (Å²) in [6.07, 6.45) is 4.54. The second kappa shape index (κ2) is 6.75. The molecule has 2 aliphatic rings. The van der Waals surface area contributed by atoms with E-state index in [1.54, 1.807) is 0 Å². The number of amides is 1. The third kappa shape index (κ3) is 3.59. The molecule has 1 aromatic rings. The Kier molecular flexibility index (Phi) is 4.86. The molecule has 24 heavy (non-hydrogen) atoms. The van der Waals surface area contributed by atoms with Gasteiger partial charge in [-0.25, -0.2) is 4.79 Å². The molecule has 1 aromatic carbocycles. The standard InChI is InChI=1S/C20H30N2O2/c1-15(16-10-6-5-7-11-16)21-14-22(19(23)24-20(2,3)4)18-13-9-8-12-17(18)21/h5-7,10-11,15,17-18H,8-9,12-14H2,1-4H3/t15-,17-,18-/m0/s1. The number of carbonyl (C=O) groups is 1. The van der Waals surface area contributed by atoms with Gasteiger partial charge in [0, 0.05) is 12.1 Å². The number of hydrogen-bond acceptors (Lipinski definition) is 3. The molecule has 0 spiro atoms. The number of benzene rings is 1. The monoisotopic (exact) mass is 330 g/mol. The maximum absolute atomic E-state index is 12.7. The molecule has 3 atom stereocenters. The summed E-state index contributed by atoms with van der Waals surface area (Å²) in [5.41, 5.74) is 0.868. The van der Waals surface area contributed by atoms with Gasteiger partial charge in [0.25, 0.3) is 0 Å². The Balaban J connectivity index is 1.80. The van der Waals surface area contributed by atoms with Crippen molar-refractivity contribution in [2.75, 3.05) is 6.67 Å². The van der Waals surface area contributed by atoms with Crippen LogP contribution < -0.4 is 0 Å². The highest BCUT2D eigenvalue weighted by Gasteiger charge is 2.46. The van der Waals surface area contributed by atoms with E-state index in [9.17, 15) is 4.79 Å². The minimum absolute atomic E-state index is 0.165. The molecule has 4 nitrogen and oxygen atoms in total. The first-order valence-corrected chi connectivity index (χ1v) is 9.17. The van der Waals surface area contributed by atoms with E-state index in [1.807, 2.05) is 25.7 Å². The van der Waals surface area contributed by atoms with Crippen molar-refractivity contribution in [3.8, 4) is 0 Å². The van der Waals surface area contributed by atoms with Gasteiger partial charge in [0.1, 0.15) is 5.60 Å². The predicted octanol–water partition coefficient (Wildman–Crippen LogP) is 4.57. The van der Waals surface area contributed by atoms with Crippen LogP contribution in [0.3, 0.4) is 0 Å². The molecule has 1 aliphatic heterocycles. The lowest BCUT2D eigenvalue weighted by Crippen LogP contribution is -2.44. The van der Waals surface area contributed by atoms with Crippen LogP contribution in [0.15, 0.2) is 30.3 Å². The highest BCUT2D eigenvalue weighted by molar-refractivity contribution is 5.69. The van der Waals surface area contributed by atoms with Crippen molar-refractivity contribution in [3.63, 3.8) is 0 Å². The van der Waals surface area contributed by atoms with Crippen LogP contribution in [-0.4, -0.2) is 40.2 Å². The van der Waals surface area contributed by atoms with Crippen LogP contribution in [0.4, 0.5) is 4.79 Å². The maximum atomic E-state index is 12.7. The molecular formula is C20H30N2O2. The zero-order valence-electron chi connectivity index (χ0n) is 15.4. The number of rotatable bonds is 2. The number of fused-ring (bicyclic) bond motifs is 1. The van der Waals surface area contributed by atoms with Crippen LogP contribution >= 0.6 is 0 Å². The van der Waals surface area contributed by atoms with Crippen molar-refractivity contribution in [1.29, 1.82) is 0 Å². The first-order chi connectivity index (χ1) is 11.4. The third-order valence-corrected chi connectivity index (χ3v) is 5.24. The van der Waals surface area contributed by atoms with E-state index in [0.717, 1.165) is 6.42 Å². The Bertz CT molecular complexity index is 567. The lowest BCUT2D eigenvalue weighted by molar-refractivity contribution is 0.0186. The SMILES string of the molecule is C[C@@H](c1ccccc1)N1CN(C(=O)OC(C)(C)C)[C@H]2CCCC[C@@H]21. The molecule has 0 bridgehead atoms. The number of hydrogen-bond donors (Lipinski definition) is 0. The number of ether oxygens (including phenoxy) is 1. The Hall–Kier alpha value is -1.55. The lowest BCUT2D eigenvalue weighted by atomic mass is 9.89. The Morgan fingerprint density at radius 1 is 1.12 bits per heavy atom. The molecule has 0 radical (unpaired) electrons. The van der Waals surface area contributed by atoms with Crippen LogP contribution in [0, 0.1) is 0 Å². The molecule has 132 valence electrons. The van der Waals surface area contributed by atoms with Crippen molar-refractivity contribution < 1.29 is 9.53 Å². The summed E-state index contributed by atoms with van der Waals surface area (Å²) in [7, 11) is 0. The summed E-state index contributed by atoms with van der Waals surface area (Å²) < 4.78 is 5.66. The maximum Gasteiger partial charge on any atom is 0.411 e. The second-order valence-electron chi connectivity index (χ2n) is 8.11. The van der Waals surface area contributed by atoms with E-state index in [4.69, 9.17) is 4.74 Å². The van der Waals surface area contributed by atoms with Gasteiger partial charge in [-0.15, -0.1) is 0 Å². The van der Waals surface area contributed by atoms with E-state index in [0.29, 0.717) is 24.8 Å². The largest absolute Gasteiger partial charge is 0.444 e. The van der Waals surface area contributed by atoms with E-state index in [-0.39, 0.29) is 6.09 Å². The minimum Gasteiger partial charge on any atom is -0.444 e. The fourth-order valence-corrected chi connectivity index (χ4v) is 4.07. The van der Waals surface area contributed by atoms with Crippen LogP contribution in [0.5, 0.6) is 0 Å². The van der Waals surface area contributed by atoms with Gasteiger partial charge in [-0.2, -0.15) is 0 Å². The number of carbonyl (C=O) groups excluding carboxylic acids is 1. The Labute approximate surface area is 145 Å².